The molecule has 2 aromatic heterocycles. The Bertz CT molecular complexity index is 1510. The molecule has 10 nitrogen and oxygen atoms in total. The Hall–Kier alpha value is -3.68. The fraction of sp³-hybridized carbons (Fsp3) is 0.429. The molecule has 2 bridgehead atoms. The minimum atomic E-state index is -4.53. The third-order valence-corrected chi connectivity index (χ3v) is 7.57. The van der Waals surface area contributed by atoms with Gasteiger partial charge in [0.25, 0.3) is 0 Å². The van der Waals surface area contributed by atoms with Crippen LogP contribution in [0, 0.1) is 0 Å². The molecule has 1 aromatic carbocycles. The highest BCUT2D eigenvalue weighted by atomic mass is 35.5. The number of carbonyl (C=O) groups is 1. The van der Waals surface area contributed by atoms with E-state index in [0.29, 0.717) is 24.7 Å². The van der Waals surface area contributed by atoms with Crippen molar-refractivity contribution in [1.82, 2.24) is 15.0 Å². The van der Waals surface area contributed by atoms with Crippen molar-refractivity contribution in [2.24, 2.45) is 0 Å². The van der Waals surface area contributed by atoms with Gasteiger partial charge < -0.3 is 19.1 Å². The summed E-state index contributed by atoms with van der Waals surface area (Å²) in [5.41, 5.74) is 0.158. The molecule has 0 spiro atoms. The number of urea groups is 1. The number of alkyl halides is 3. The summed E-state index contributed by atoms with van der Waals surface area (Å²) in [7, 11) is 0. The summed E-state index contributed by atoms with van der Waals surface area (Å²) in [6.07, 6.45) is -0.419. The second kappa shape index (κ2) is 10.9. The van der Waals surface area contributed by atoms with E-state index in [1.165, 1.54) is 29.4 Å². The van der Waals surface area contributed by atoms with E-state index in [0.717, 1.165) is 31.5 Å². The molecule has 14 heteroatoms. The van der Waals surface area contributed by atoms with Crippen LogP contribution in [0.1, 0.15) is 32.3 Å². The fourth-order valence-corrected chi connectivity index (χ4v) is 5.67. The molecule has 5 heterocycles. The number of ether oxygens (including phenoxy) is 3. The second-order valence-corrected chi connectivity index (χ2v) is 11.2. The van der Waals surface area contributed by atoms with E-state index < -0.39 is 23.6 Å². The molecule has 0 aliphatic carbocycles. The van der Waals surface area contributed by atoms with Crippen molar-refractivity contribution in [3.8, 4) is 17.1 Å². The van der Waals surface area contributed by atoms with Crippen LogP contribution in [-0.2, 0) is 15.7 Å². The lowest BCUT2D eigenvalue weighted by Gasteiger charge is -2.46. The first-order valence-electron chi connectivity index (χ1n) is 13.5. The molecule has 222 valence electrons. The number of anilines is 3. The lowest BCUT2D eigenvalue weighted by molar-refractivity contribution is -0.141. The van der Waals surface area contributed by atoms with E-state index in [2.05, 4.69) is 25.2 Å². The minimum absolute atomic E-state index is 0.150. The SMILES string of the molecule is CC1(C)OC[C@@H](COc2cncc(NC(=O)N3c4nc(-c5cccc(C(F)(F)F)c5)c(Cl)cc4N4CCC[C@H]3C4)n2)O1. The second-order valence-electron chi connectivity index (χ2n) is 10.8. The van der Waals surface area contributed by atoms with Gasteiger partial charge in [0.15, 0.2) is 17.4 Å². The molecule has 3 aliphatic heterocycles. The van der Waals surface area contributed by atoms with Gasteiger partial charge in [-0.15, -0.1) is 0 Å². The number of amides is 2. The molecule has 2 amide bonds. The number of piperidine rings is 1. The van der Waals surface area contributed by atoms with Crippen LogP contribution in [0.3, 0.4) is 0 Å². The molecule has 3 aliphatic rings. The van der Waals surface area contributed by atoms with Crippen LogP contribution in [0.4, 0.5) is 35.3 Å². The van der Waals surface area contributed by atoms with Gasteiger partial charge in [0, 0.05) is 18.7 Å². The Kier molecular flexibility index (Phi) is 7.36. The van der Waals surface area contributed by atoms with Crippen LogP contribution in [0.5, 0.6) is 5.88 Å². The first kappa shape index (κ1) is 28.4. The molecule has 6 rings (SSSR count). The number of rotatable bonds is 5. The lowest BCUT2D eigenvalue weighted by Crippen LogP contribution is -2.56. The highest BCUT2D eigenvalue weighted by Crippen LogP contribution is 2.43. The third-order valence-electron chi connectivity index (χ3n) is 7.28. The zero-order chi connectivity index (χ0) is 29.6. The molecule has 0 unspecified atom stereocenters. The van der Waals surface area contributed by atoms with Gasteiger partial charge in [-0.05, 0) is 44.9 Å². The summed E-state index contributed by atoms with van der Waals surface area (Å²) >= 11 is 6.57. The smallest absolute Gasteiger partial charge is 0.416 e. The van der Waals surface area contributed by atoms with Crippen molar-refractivity contribution in [2.45, 2.75) is 50.8 Å². The number of aromatic nitrogens is 3. The first-order valence-corrected chi connectivity index (χ1v) is 13.8. The number of carbonyl (C=O) groups excluding carboxylic acids is 1. The molecule has 0 saturated carbocycles. The highest BCUT2D eigenvalue weighted by molar-refractivity contribution is 6.33. The van der Waals surface area contributed by atoms with Crippen LogP contribution in [0.15, 0.2) is 42.7 Å². The molecule has 3 aromatic rings. The summed E-state index contributed by atoms with van der Waals surface area (Å²) in [5, 5.41) is 2.97. The Labute approximate surface area is 244 Å². The molecular weight excluding hydrogens is 577 g/mol. The van der Waals surface area contributed by atoms with Crippen molar-refractivity contribution in [2.75, 3.05) is 41.4 Å². The first-order chi connectivity index (χ1) is 20.0. The zero-order valence-electron chi connectivity index (χ0n) is 22.8. The largest absolute Gasteiger partial charge is 0.474 e. The monoisotopic (exact) mass is 604 g/mol. The van der Waals surface area contributed by atoms with E-state index in [4.69, 9.17) is 25.8 Å². The number of pyridine rings is 1. The molecular formula is C28H28ClF3N6O4. The molecule has 42 heavy (non-hydrogen) atoms. The van der Waals surface area contributed by atoms with Crippen LogP contribution in [-0.4, -0.2) is 65.2 Å². The van der Waals surface area contributed by atoms with Crippen LogP contribution < -0.4 is 19.9 Å². The van der Waals surface area contributed by atoms with Gasteiger partial charge >= 0.3 is 12.2 Å². The summed E-state index contributed by atoms with van der Waals surface area (Å²) in [4.78, 5) is 30.5. The minimum Gasteiger partial charge on any atom is -0.474 e. The van der Waals surface area contributed by atoms with E-state index in [-0.39, 0.29) is 46.7 Å². The average molecular weight is 605 g/mol. The molecule has 2 atom stereocenters. The van der Waals surface area contributed by atoms with E-state index in [9.17, 15) is 18.0 Å². The maximum Gasteiger partial charge on any atom is 0.416 e. The normalized spacial score (nSPS) is 21.2. The van der Waals surface area contributed by atoms with Gasteiger partial charge in [-0.1, -0.05) is 23.7 Å². The molecule has 1 N–H and O–H groups in total. The van der Waals surface area contributed by atoms with Crippen molar-refractivity contribution >= 4 is 35.0 Å². The Balaban J connectivity index is 1.27. The number of fused-ring (bicyclic) bond motifs is 4. The van der Waals surface area contributed by atoms with E-state index in [1.807, 2.05) is 13.8 Å². The van der Waals surface area contributed by atoms with Crippen molar-refractivity contribution in [3.63, 3.8) is 0 Å². The van der Waals surface area contributed by atoms with Gasteiger partial charge in [-0.25, -0.2) is 9.78 Å². The quantitative estimate of drug-likeness (QED) is 0.392. The van der Waals surface area contributed by atoms with Crippen molar-refractivity contribution < 1.29 is 32.2 Å². The third kappa shape index (κ3) is 5.81. The van der Waals surface area contributed by atoms with Gasteiger partial charge in [-0.3, -0.25) is 15.2 Å². The number of hydrogen-bond acceptors (Lipinski definition) is 8. The van der Waals surface area contributed by atoms with Crippen LogP contribution in [0.25, 0.3) is 11.3 Å². The number of halogens is 4. The number of nitrogens with zero attached hydrogens (tertiary/aromatic N) is 5. The maximum absolute atomic E-state index is 13.7. The van der Waals surface area contributed by atoms with Gasteiger partial charge in [0.05, 0.1) is 47.0 Å². The predicted octanol–water partition coefficient (Wildman–Crippen LogP) is 5.76. The van der Waals surface area contributed by atoms with Gasteiger partial charge in [-0.2, -0.15) is 18.2 Å². The summed E-state index contributed by atoms with van der Waals surface area (Å²) in [6.45, 7) is 5.52. The summed E-state index contributed by atoms with van der Waals surface area (Å²) < 4.78 is 57.3. The Morgan fingerprint density at radius 1 is 1.24 bits per heavy atom. The van der Waals surface area contributed by atoms with E-state index >= 15 is 0 Å². The van der Waals surface area contributed by atoms with Crippen molar-refractivity contribution in [3.05, 3.63) is 53.3 Å². The predicted molar refractivity (Wildman–Crippen MR) is 149 cm³/mol. The van der Waals surface area contributed by atoms with Crippen molar-refractivity contribution in [1.29, 1.82) is 0 Å². The van der Waals surface area contributed by atoms with Crippen LogP contribution >= 0.6 is 11.6 Å². The summed E-state index contributed by atoms with van der Waals surface area (Å²) in [5.74, 6) is -0.0237. The Morgan fingerprint density at radius 2 is 2.07 bits per heavy atom. The fourth-order valence-electron chi connectivity index (χ4n) is 5.42. The number of nitrogens with one attached hydrogen (secondary N) is 1. The van der Waals surface area contributed by atoms with Gasteiger partial charge in [0.1, 0.15) is 12.7 Å². The molecule has 0 radical (unpaired) electrons. The number of benzene rings is 1. The zero-order valence-corrected chi connectivity index (χ0v) is 23.6. The topological polar surface area (TPSA) is 102 Å². The average Bonchev–Trinajstić information content (AvgIpc) is 3.30. The highest BCUT2D eigenvalue weighted by Gasteiger charge is 2.39. The molecule has 2 saturated heterocycles. The van der Waals surface area contributed by atoms with E-state index in [1.54, 1.807) is 6.07 Å². The van der Waals surface area contributed by atoms with Crippen LogP contribution in [0.2, 0.25) is 5.02 Å². The molecule has 2 fully saturated rings. The standard InChI is InChI=1S/C28H28ClF3N6O4/c1-27(2)41-15-19(42-27)14-40-23-12-33-11-22(34-23)35-26(39)38-18-7-4-8-37(13-18)21-10-20(29)24(36-25(21)38)16-5-3-6-17(9-16)28(30,31)32/h3,5-6,9-12,18-19H,4,7-8,13-15H2,1-2H3,(H,34,35,39)/t18-,19+/m0/s1. The Morgan fingerprint density at radius 3 is 2.83 bits per heavy atom. The van der Waals surface area contributed by atoms with Gasteiger partial charge in [0.2, 0.25) is 5.88 Å². The lowest BCUT2D eigenvalue weighted by atomic mass is 9.99. The maximum atomic E-state index is 13.7. The number of hydrogen-bond donors (Lipinski definition) is 1. The summed E-state index contributed by atoms with van der Waals surface area (Å²) in [6, 6.07) is 5.73.